The zero-order chi connectivity index (χ0) is 19.4. The van der Waals surface area contributed by atoms with E-state index >= 15 is 0 Å². The molecule has 0 aromatic heterocycles. The van der Waals surface area contributed by atoms with Gasteiger partial charge < -0.3 is 10.0 Å². The van der Waals surface area contributed by atoms with Crippen LogP contribution in [0.25, 0.3) is 0 Å². The molecule has 1 fully saturated rings. The molecule has 0 bridgehead atoms. The molecular weight excluding hydrogens is 352 g/mol. The van der Waals surface area contributed by atoms with Crippen molar-refractivity contribution in [1.82, 2.24) is 4.90 Å². The summed E-state index contributed by atoms with van der Waals surface area (Å²) in [7, 11) is 0. The number of carboxylic acids is 1. The van der Waals surface area contributed by atoms with Gasteiger partial charge in [-0.3, -0.25) is 9.59 Å². The van der Waals surface area contributed by atoms with Crippen LogP contribution >= 0.6 is 0 Å². The van der Waals surface area contributed by atoms with E-state index in [1.165, 1.54) is 0 Å². The molecular formula is C21H21F2NO3. The summed E-state index contributed by atoms with van der Waals surface area (Å²) in [5.41, 5.74) is 1.17. The van der Waals surface area contributed by atoms with Crippen molar-refractivity contribution in [1.29, 1.82) is 0 Å². The molecule has 142 valence electrons. The SMILES string of the molecule is O=C(O)CCCN(Cc1ccccc1)C(=O)C1CC1c1cc(F)ccc1F. The van der Waals surface area contributed by atoms with E-state index in [2.05, 4.69) is 0 Å². The molecule has 1 aliphatic carbocycles. The van der Waals surface area contributed by atoms with Crippen LogP contribution in [-0.4, -0.2) is 28.4 Å². The second kappa shape index (κ2) is 8.29. The fraction of sp³-hybridized carbons (Fsp3) is 0.333. The van der Waals surface area contributed by atoms with E-state index in [1.807, 2.05) is 30.3 Å². The Morgan fingerprint density at radius 3 is 2.56 bits per heavy atom. The molecule has 1 aliphatic rings. The molecule has 2 unspecified atom stereocenters. The second-order valence-electron chi connectivity index (χ2n) is 6.86. The minimum Gasteiger partial charge on any atom is -0.481 e. The summed E-state index contributed by atoms with van der Waals surface area (Å²) < 4.78 is 27.4. The number of halogens is 2. The summed E-state index contributed by atoms with van der Waals surface area (Å²) in [5, 5.41) is 8.84. The lowest BCUT2D eigenvalue weighted by molar-refractivity contribution is -0.138. The van der Waals surface area contributed by atoms with Crippen LogP contribution in [0.1, 0.15) is 36.3 Å². The highest BCUT2D eigenvalue weighted by molar-refractivity contribution is 5.83. The lowest BCUT2D eigenvalue weighted by atomic mass is 10.1. The quantitative estimate of drug-likeness (QED) is 0.762. The van der Waals surface area contributed by atoms with E-state index in [4.69, 9.17) is 5.11 Å². The summed E-state index contributed by atoms with van der Waals surface area (Å²) >= 11 is 0. The zero-order valence-corrected chi connectivity index (χ0v) is 14.8. The maximum absolute atomic E-state index is 14.0. The van der Waals surface area contributed by atoms with Crippen LogP contribution in [0.15, 0.2) is 48.5 Å². The Bertz CT molecular complexity index is 825. The number of nitrogens with zero attached hydrogens (tertiary/aromatic N) is 1. The van der Waals surface area contributed by atoms with Crippen molar-refractivity contribution in [3.05, 3.63) is 71.3 Å². The highest BCUT2D eigenvalue weighted by atomic mass is 19.1. The van der Waals surface area contributed by atoms with Crippen molar-refractivity contribution in [3.63, 3.8) is 0 Å². The zero-order valence-electron chi connectivity index (χ0n) is 14.8. The predicted octanol–water partition coefficient (Wildman–Crippen LogP) is 3.96. The third kappa shape index (κ3) is 4.90. The van der Waals surface area contributed by atoms with Crippen molar-refractivity contribution >= 4 is 11.9 Å². The van der Waals surface area contributed by atoms with E-state index in [0.29, 0.717) is 25.9 Å². The number of hydrogen-bond acceptors (Lipinski definition) is 2. The predicted molar refractivity (Wildman–Crippen MR) is 95.9 cm³/mol. The van der Waals surface area contributed by atoms with Crippen molar-refractivity contribution in [2.45, 2.75) is 31.7 Å². The number of hydrogen-bond donors (Lipinski definition) is 1. The Labute approximate surface area is 156 Å². The average Bonchev–Trinajstić information content (AvgIpc) is 3.43. The highest BCUT2D eigenvalue weighted by Crippen LogP contribution is 2.49. The third-order valence-corrected chi connectivity index (χ3v) is 4.81. The van der Waals surface area contributed by atoms with E-state index < -0.39 is 23.5 Å². The molecule has 1 saturated carbocycles. The van der Waals surface area contributed by atoms with E-state index in [-0.39, 0.29) is 23.8 Å². The summed E-state index contributed by atoms with van der Waals surface area (Å²) in [6, 6.07) is 12.7. The van der Waals surface area contributed by atoms with Crippen LogP contribution in [-0.2, 0) is 16.1 Å². The van der Waals surface area contributed by atoms with Gasteiger partial charge in [-0.05, 0) is 48.1 Å². The molecule has 0 saturated heterocycles. The van der Waals surface area contributed by atoms with E-state index in [1.54, 1.807) is 4.90 Å². The van der Waals surface area contributed by atoms with Crippen molar-refractivity contribution < 1.29 is 23.5 Å². The molecule has 2 aromatic carbocycles. The maximum Gasteiger partial charge on any atom is 0.303 e. The van der Waals surface area contributed by atoms with Gasteiger partial charge in [0.05, 0.1) is 0 Å². The Hall–Kier alpha value is -2.76. The number of rotatable bonds is 8. The molecule has 1 amide bonds. The van der Waals surface area contributed by atoms with Gasteiger partial charge in [0.2, 0.25) is 5.91 Å². The Morgan fingerprint density at radius 2 is 1.85 bits per heavy atom. The summed E-state index contributed by atoms with van der Waals surface area (Å²) in [6.45, 7) is 0.684. The molecule has 1 N–H and O–H groups in total. The number of carbonyl (C=O) groups is 2. The monoisotopic (exact) mass is 373 g/mol. The maximum atomic E-state index is 14.0. The molecule has 3 rings (SSSR count). The van der Waals surface area contributed by atoms with Crippen LogP contribution in [0.2, 0.25) is 0 Å². The molecule has 0 heterocycles. The largest absolute Gasteiger partial charge is 0.481 e. The van der Waals surface area contributed by atoms with Crippen LogP contribution < -0.4 is 0 Å². The van der Waals surface area contributed by atoms with Crippen LogP contribution in [0.3, 0.4) is 0 Å². The minimum atomic E-state index is -0.909. The third-order valence-electron chi connectivity index (χ3n) is 4.81. The van der Waals surface area contributed by atoms with Crippen LogP contribution in [0.5, 0.6) is 0 Å². The second-order valence-corrected chi connectivity index (χ2v) is 6.86. The Morgan fingerprint density at radius 1 is 1.11 bits per heavy atom. The van der Waals surface area contributed by atoms with E-state index in [9.17, 15) is 18.4 Å². The molecule has 4 nitrogen and oxygen atoms in total. The van der Waals surface area contributed by atoms with Crippen LogP contribution in [0, 0.1) is 17.6 Å². The normalized spacial score (nSPS) is 18.1. The lowest BCUT2D eigenvalue weighted by Gasteiger charge is -2.23. The van der Waals surface area contributed by atoms with Gasteiger partial charge in [-0.25, -0.2) is 8.78 Å². The molecule has 27 heavy (non-hydrogen) atoms. The van der Waals surface area contributed by atoms with Gasteiger partial charge in [0.15, 0.2) is 0 Å². The minimum absolute atomic E-state index is 0.0226. The number of aliphatic carboxylic acids is 1. The summed E-state index contributed by atoms with van der Waals surface area (Å²) in [4.78, 5) is 25.3. The molecule has 0 spiro atoms. The average molecular weight is 373 g/mol. The van der Waals surface area contributed by atoms with Gasteiger partial charge in [-0.1, -0.05) is 30.3 Å². The molecule has 2 aromatic rings. The van der Waals surface area contributed by atoms with Crippen LogP contribution in [0.4, 0.5) is 8.78 Å². The summed E-state index contributed by atoms with van der Waals surface area (Å²) in [6.07, 6.45) is 0.800. The topological polar surface area (TPSA) is 57.6 Å². The first-order valence-electron chi connectivity index (χ1n) is 8.95. The summed E-state index contributed by atoms with van der Waals surface area (Å²) in [5.74, 6) is -2.80. The van der Waals surface area contributed by atoms with Gasteiger partial charge >= 0.3 is 5.97 Å². The lowest BCUT2D eigenvalue weighted by Crippen LogP contribution is -2.33. The van der Waals surface area contributed by atoms with Gasteiger partial charge in [0.25, 0.3) is 0 Å². The smallest absolute Gasteiger partial charge is 0.303 e. The number of benzene rings is 2. The highest BCUT2D eigenvalue weighted by Gasteiger charge is 2.47. The molecule has 6 heteroatoms. The van der Waals surface area contributed by atoms with Crippen molar-refractivity contribution in [2.75, 3.05) is 6.54 Å². The Kier molecular flexibility index (Phi) is 5.84. The first-order valence-corrected chi connectivity index (χ1v) is 8.95. The van der Waals surface area contributed by atoms with Crippen molar-refractivity contribution in [3.8, 4) is 0 Å². The molecule has 2 atom stereocenters. The number of amides is 1. The number of carbonyl (C=O) groups excluding carboxylic acids is 1. The van der Waals surface area contributed by atoms with Gasteiger partial charge in [-0.2, -0.15) is 0 Å². The molecule has 0 radical (unpaired) electrons. The first-order chi connectivity index (χ1) is 13.0. The fourth-order valence-electron chi connectivity index (χ4n) is 3.34. The fourth-order valence-corrected chi connectivity index (χ4v) is 3.34. The van der Waals surface area contributed by atoms with E-state index in [0.717, 1.165) is 23.8 Å². The standard InChI is InChI=1S/C21H21F2NO3/c22-15-8-9-19(23)17(11-15)16-12-18(16)21(27)24(10-4-7-20(25)26)13-14-5-2-1-3-6-14/h1-3,5-6,8-9,11,16,18H,4,7,10,12-13H2,(H,25,26). The van der Waals surface area contributed by atoms with Gasteiger partial charge in [0, 0.05) is 25.4 Å². The number of carboxylic acid groups (broad SMARTS) is 1. The van der Waals surface area contributed by atoms with Gasteiger partial charge in [-0.15, -0.1) is 0 Å². The van der Waals surface area contributed by atoms with Crippen molar-refractivity contribution in [2.24, 2.45) is 5.92 Å². The molecule has 0 aliphatic heterocycles. The first kappa shape index (κ1) is 19.0. The Balaban J connectivity index is 1.70. The van der Waals surface area contributed by atoms with Gasteiger partial charge in [0.1, 0.15) is 11.6 Å².